The summed E-state index contributed by atoms with van der Waals surface area (Å²) in [5.41, 5.74) is 0.776. The fourth-order valence-electron chi connectivity index (χ4n) is 1.90. The van der Waals surface area contributed by atoms with E-state index in [-0.39, 0.29) is 6.61 Å². The van der Waals surface area contributed by atoms with Crippen molar-refractivity contribution in [1.29, 1.82) is 0 Å². The van der Waals surface area contributed by atoms with Crippen LogP contribution in [0, 0.1) is 0 Å². The fraction of sp³-hybridized carbons (Fsp3) is 0.214. The summed E-state index contributed by atoms with van der Waals surface area (Å²) in [5.74, 6) is -1.47. The van der Waals surface area contributed by atoms with E-state index in [0.717, 1.165) is 16.3 Å². The van der Waals surface area contributed by atoms with Gasteiger partial charge in [-0.25, -0.2) is 0 Å². The number of aliphatic carboxylic acids is 1. The number of fused-ring (bicyclic) bond motifs is 1. The van der Waals surface area contributed by atoms with Gasteiger partial charge in [0.05, 0.1) is 6.61 Å². The highest BCUT2D eigenvalue weighted by atomic mass is 16.5. The summed E-state index contributed by atoms with van der Waals surface area (Å²) < 4.78 is 4.95. The standard InChI is InChI=1S/C14H14O3/c1-17-9-13(14(15)16)12-7-6-10-4-2-3-5-11(10)8-12/h2-8,13H,9H2,1H3,(H,15,16). The maximum atomic E-state index is 11.1. The van der Waals surface area contributed by atoms with Crippen molar-refractivity contribution in [3.63, 3.8) is 0 Å². The van der Waals surface area contributed by atoms with E-state index in [9.17, 15) is 4.79 Å². The molecule has 0 spiro atoms. The lowest BCUT2D eigenvalue weighted by Gasteiger charge is -2.12. The molecule has 3 heteroatoms. The average Bonchev–Trinajstić information content (AvgIpc) is 2.35. The molecule has 0 aliphatic heterocycles. The Morgan fingerprint density at radius 2 is 1.94 bits per heavy atom. The van der Waals surface area contributed by atoms with Gasteiger partial charge in [-0.3, -0.25) is 4.79 Å². The quantitative estimate of drug-likeness (QED) is 0.878. The molecule has 0 aliphatic carbocycles. The first-order valence-electron chi connectivity index (χ1n) is 5.43. The highest BCUT2D eigenvalue weighted by molar-refractivity contribution is 5.85. The third kappa shape index (κ3) is 2.45. The highest BCUT2D eigenvalue weighted by Crippen LogP contribution is 2.22. The summed E-state index contributed by atoms with van der Waals surface area (Å²) in [6.07, 6.45) is 0. The van der Waals surface area contributed by atoms with Crippen LogP contribution in [0.3, 0.4) is 0 Å². The molecule has 1 unspecified atom stereocenters. The number of rotatable bonds is 4. The van der Waals surface area contributed by atoms with Crippen LogP contribution in [0.1, 0.15) is 11.5 Å². The van der Waals surface area contributed by atoms with E-state index in [0.29, 0.717) is 0 Å². The first-order valence-corrected chi connectivity index (χ1v) is 5.43. The van der Waals surface area contributed by atoms with Gasteiger partial charge in [0.1, 0.15) is 5.92 Å². The maximum absolute atomic E-state index is 11.1. The monoisotopic (exact) mass is 230 g/mol. The van der Waals surface area contributed by atoms with Crippen LogP contribution in [-0.4, -0.2) is 24.8 Å². The predicted molar refractivity (Wildman–Crippen MR) is 66.2 cm³/mol. The van der Waals surface area contributed by atoms with Crippen LogP contribution in [-0.2, 0) is 9.53 Å². The molecular formula is C14H14O3. The van der Waals surface area contributed by atoms with Gasteiger partial charge in [0.25, 0.3) is 0 Å². The van der Waals surface area contributed by atoms with Crippen molar-refractivity contribution >= 4 is 16.7 Å². The molecule has 0 saturated carbocycles. The average molecular weight is 230 g/mol. The van der Waals surface area contributed by atoms with Gasteiger partial charge in [-0.2, -0.15) is 0 Å². The first kappa shape index (κ1) is 11.6. The molecule has 2 rings (SSSR count). The minimum Gasteiger partial charge on any atom is -0.481 e. The van der Waals surface area contributed by atoms with Crippen molar-refractivity contribution < 1.29 is 14.6 Å². The van der Waals surface area contributed by atoms with E-state index in [4.69, 9.17) is 9.84 Å². The molecule has 0 fully saturated rings. The van der Waals surface area contributed by atoms with Gasteiger partial charge in [-0.1, -0.05) is 42.5 Å². The Balaban J connectivity index is 2.43. The van der Waals surface area contributed by atoms with Crippen LogP contribution in [0.15, 0.2) is 42.5 Å². The smallest absolute Gasteiger partial charge is 0.313 e. The van der Waals surface area contributed by atoms with Crippen LogP contribution >= 0.6 is 0 Å². The van der Waals surface area contributed by atoms with Crippen LogP contribution in [0.25, 0.3) is 10.8 Å². The number of ether oxygens (including phenoxy) is 1. The molecule has 0 aromatic heterocycles. The summed E-state index contributed by atoms with van der Waals surface area (Å²) >= 11 is 0. The topological polar surface area (TPSA) is 46.5 Å². The number of methoxy groups -OCH3 is 1. The van der Waals surface area contributed by atoms with Gasteiger partial charge >= 0.3 is 5.97 Å². The lowest BCUT2D eigenvalue weighted by Crippen LogP contribution is -2.16. The van der Waals surface area contributed by atoms with E-state index >= 15 is 0 Å². The van der Waals surface area contributed by atoms with Crippen molar-refractivity contribution in [2.75, 3.05) is 13.7 Å². The zero-order valence-corrected chi connectivity index (χ0v) is 9.59. The van der Waals surface area contributed by atoms with E-state index in [2.05, 4.69) is 0 Å². The lowest BCUT2D eigenvalue weighted by molar-refractivity contribution is -0.140. The first-order chi connectivity index (χ1) is 8.22. The number of carboxylic acid groups (broad SMARTS) is 1. The Morgan fingerprint density at radius 3 is 2.59 bits per heavy atom. The molecule has 0 aliphatic rings. The number of hydrogen-bond donors (Lipinski definition) is 1. The van der Waals surface area contributed by atoms with Crippen LogP contribution < -0.4 is 0 Å². The molecular weight excluding hydrogens is 216 g/mol. The molecule has 3 nitrogen and oxygen atoms in total. The van der Waals surface area contributed by atoms with Crippen LogP contribution in [0.2, 0.25) is 0 Å². The number of benzene rings is 2. The minimum absolute atomic E-state index is 0.188. The predicted octanol–water partition coefficient (Wildman–Crippen LogP) is 2.65. The van der Waals surface area contributed by atoms with Gasteiger partial charge < -0.3 is 9.84 Å². The highest BCUT2D eigenvalue weighted by Gasteiger charge is 2.19. The van der Waals surface area contributed by atoms with E-state index in [1.54, 1.807) is 0 Å². The lowest BCUT2D eigenvalue weighted by atomic mass is 9.97. The Bertz CT molecular complexity index is 534. The van der Waals surface area contributed by atoms with Crippen molar-refractivity contribution in [2.45, 2.75) is 5.92 Å². The summed E-state index contributed by atoms with van der Waals surface area (Å²) in [5, 5.41) is 11.3. The Labute approximate surface area is 99.6 Å². The van der Waals surface area contributed by atoms with Crippen LogP contribution in [0.4, 0.5) is 0 Å². The van der Waals surface area contributed by atoms with Crippen molar-refractivity contribution in [3.8, 4) is 0 Å². The second-order valence-corrected chi connectivity index (χ2v) is 3.95. The normalized spacial score (nSPS) is 12.5. The summed E-state index contributed by atoms with van der Waals surface area (Å²) in [7, 11) is 1.51. The molecule has 17 heavy (non-hydrogen) atoms. The van der Waals surface area contributed by atoms with E-state index in [1.165, 1.54) is 7.11 Å². The molecule has 1 N–H and O–H groups in total. The Morgan fingerprint density at radius 1 is 1.24 bits per heavy atom. The third-order valence-electron chi connectivity index (χ3n) is 2.81. The number of hydrogen-bond acceptors (Lipinski definition) is 2. The number of carbonyl (C=O) groups is 1. The van der Waals surface area contributed by atoms with Crippen LogP contribution in [0.5, 0.6) is 0 Å². The zero-order valence-electron chi connectivity index (χ0n) is 9.59. The minimum atomic E-state index is -0.859. The molecule has 0 radical (unpaired) electrons. The third-order valence-corrected chi connectivity index (χ3v) is 2.81. The molecule has 0 amide bonds. The van der Waals surface area contributed by atoms with Gasteiger partial charge in [0.2, 0.25) is 0 Å². The molecule has 2 aromatic rings. The number of carboxylic acids is 1. The van der Waals surface area contributed by atoms with Gasteiger partial charge in [0.15, 0.2) is 0 Å². The summed E-state index contributed by atoms with van der Waals surface area (Å²) in [6, 6.07) is 13.6. The van der Waals surface area contributed by atoms with Gasteiger partial charge in [-0.15, -0.1) is 0 Å². The molecule has 0 heterocycles. The Hall–Kier alpha value is -1.87. The second kappa shape index (κ2) is 4.97. The van der Waals surface area contributed by atoms with Crippen molar-refractivity contribution in [3.05, 3.63) is 48.0 Å². The van der Waals surface area contributed by atoms with Crippen molar-refractivity contribution in [2.24, 2.45) is 0 Å². The molecule has 88 valence electrons. The van der Waals surface area contributed by atoms with Gasteiger partial charge in [0, 0.05) is 7.11 Å². The summed E-state index contributed by atoms with van der Waals surface area (Å²) in [6.45, 7) is 0.188. The SMILES string of the molecule is COCC(C(=O)O)c1ccc2ccccc2c1. The molecule has 0 bridgehead atoms. The molecule has 0 saturated heterocycles. The largest absolute Gasteiger partial charge is 0.481 e. The second-order valence-electron chi connectivity index (χ2n) is 3.95. The van der Waals surface area contributed by atoms with E-state index < -0.39 is 11.9 Å². The molecule has 2 aromatic carbocycles. The van der Waals surface area contributed by atoms with Crippen molar-refractivity contribution in [1.82, 2.24) is 0 Å². The van der Waals surface area contributed by atoms with Gasteiger partial charge in [-0.05, 0) is 16.3 Å². The Kier molecular flexibility index (Phi) is 3.40. The fourth-order valence-corrected chi connectivity index (χ4v) is 1.90. The molecule has 1 atom stereocenters. The summed E-state index contributed by atoms with van der Waals surface area (Å²) in [4.78, 5) is 11.1. The maximum Gasteiger partial charge on any atom is 0.313 e. The van der Waals surface area contributed by atoms with E-state index in [1.807, 2.05) is 42.5 Å². The zero-order chi connectivity index (χ0) is 12.3.